The minimum absolute atomic E-state index is 0.0779. The van der Waals surface area contributed by atoms with E-state index in [0.29, 0.717) is 11.9 Å². The summed E-state index contributed by atoms with van der Waals surface area (Å²) in [6.45, 7) is 4.09. The second kappa shape index (κ2) is 8.61. The Morgan fingerprint density at radius 2 is 1.83 bits per heavy atom. The predicted octanol–water partition coefficient (Wildman–Crippen LogP) is 4.03. The zero-order chi connectivity index (χ0) is 20.2. The topological polar surface area (TPSA) is 73.4 Å². The first-order valence-electron chi connectivity index (χ1n) is 10.1. The van der Waals surface area contributed by atoms with Crippen LogP contribution in [-0.2, 0) is 13.0 Å². The highest BCUT2D eigenvalue weighted by molar-refractivity contribution is 5.78. The number of fused-ring (bicyclic) bond motifs is 1. The maximum absolute atomic E-state index is 11.2. The largest absolute Gasteiger partial charge is 0.497 e. The SMILES string of the molecule is COc1ccc(Cc2nc3cc([N+](=O)[O-])ccc3n2CCN2CCCCC2)cc1. The van der Waals surface area contributed by atoms with E-state index in [1.165, 1.54) is 19.3 Å². The van der Waals surface area contributed by atoms with Gasteiger partial charge in [-0.15, -0.1) is 0 Å². The smallest absolute Gasteiger partial charge is 0.271 e. The van der Waals surface area contributed by atoms with E-state index in [1.807, 2.05) is 30.3 Å². The lowest BCUT2D eigenvalue weighted by Crippen LogP contribution is -2.32. The van der Waals surface area contributed by atoms with Gasteiger partial charge in [0.25, 0.3) is 5.69 Å². The van der Waals surface area contributed by atoms with E-state index < -0.39 is 0 Å². The Kier molecular flexibility index (Phi) is 5.76. The van der Waals surface area contributed by atoms with Crippen LogP contribution in [0, 0.1) is 10.1 Å². The van der Waals surface area contributed by atoms with E-state index >= 15 is 0 Å². The lowest BCUT2D eigenvalue weighted by atomic mass is 10.1. The van der Waals surface area contributed by atoms with E-state index in [9.17, 15) is 10.1 Å². The Labute approximate surface area is 170 Å². The molecule has 3 aromatic rings. The molecular formula is C22H26N4O3. The number of nitro groups is 1. The summed E-state index contributed by atoms with van der Waals surface area (Å²) in [4.78, 5) is 18.1. The van der Waals surface area contributed by atoms with Gasteiger partial charge in [-0.3, -0.25) is 10.1 Å². The third kappa shape index (κ3) is 4.40. The molecule has 1 saturated heterocycles. The maximum Gasteiger partial charge on any atom is 0.271 e. The molecule has 7 heteroatoms. The van der Waals surface area contributed by atoms with Gasteiger partial charge in [0, 0.05) is 31.6 Å². The fraction of sp³-hybridized carbons (Fsp3) is 0.409. The minimum Gasteiger partial charge on any atom is -0.497 e. The van der Waals surface area contributed by atoms with Crippen molar-refractivity contribution in [3.63, 3.8) is 0 Å². The Bertz CT molecular complexity index is 991. The van der Waals surface area contributed by atoms with Crippen molar-refractivity contribution in [1.82, 2.24) is 14.5 Å². The first kappa shape index (κ1) is 19.4. The number of non-ortho nitro benzene ring substituents is 1. The Hall–Kier alpha value is -2.93. The lowest BCUT2D eigenvalue weighted by molar-refractivity contribution is -0.384. The van der Waals surface area contributed by atoms with Gasteiger partial charge in [0.05, 0.1) is 23.1 Å². The zero-order valence-corrected chi connectivity index (χ0v) is 16.7. The maximum atomic E-state index is 11.2. The molecule has 29 heavy (non-hydrogen) atoms. The number of piperidine rings is 1. The van der Waals surface area contributed by atoms with Crippen LogP contribution < -0.4 is 4.74 Å². The van der Waals surface area contributed by atoms with Crippen LogP contribution in [0.5, 0.6) is 5.75 Å². The summed E-state index contributed by atoms with van der Waals surface area (Å²) in [6.07, 6.45) is 4.51. The third-order valence-corrected chi connectivity index (χ3v) is 5.63. The molecule has 0 radical (unpaired) electrons. The van der Waals surface area contributed by atoms with Crippen molar-refractivity contribution in [2.24, 2.45) is 0 Å². The number of nitrogens with zero attached hydrogens (tertiary/aromatic N) is 4. The fourth-order valence-corrected chi connectivity index (χ4v) is 4.02. The van der Waals surface area contributed by atoms with E-state index in [-0.39, 0.29) is 10.6 Å². The van der Waals surface area contributed by atoms with Crippen LogP contribution in [0.15, 0.2) is 42.5 Å². The molecule has 4 rings (SSSR count). The van der Waals surface area contributed by atoms with Gasteiger partial charge in [0.15, 0.2) is 0 Å². The molecule has 0 aliphatic carbocycles. The van der Waals surface area contributed by atoms with Crippen LogP contribution in [0.25, 0.3) is 11.0 Å². The van der Waals surface area contributed by atoms with Crippen LogP contribution in [-0.4, -0.2) is 46.1 Å². The standard InChI is InChI=1S/C22H26N4O3/c1-29-19-8-5-17(6-9-19)15-22-23-20-16-18(26(27)28)7-10-21(20)25(22)14-13-24-11-3-2-4-12-24/h5-10,16H,2-4,11-15H2,1H3. The fourth-order valence-electron chi connectivity index (χ4n) is 4.02. The summed E-state index contributed by atoms with van der Waals surface area (Å²) < 4.78 is 7.46. The highest BCUT2D eigenvalue weighted by Gasteiger charge is 2.17. The first-order chi connectivity index (χ1) is 14.1. The van der Waals surface area contributed by atoms with Gasteiger partial charge in [-0.1, -0.05) is 18.6 Å². The van der Waals surface area contributed by atoms with Gasteiger partial charge < -0.3 is 14.2 Å². The average Bonchev–Trinajstić information content (AvgIpc) is 3.09. The van der Waals surface area contributed by atoms with Gasteiger partial charge in [-0.25, -0.2) is 4.98 Å². The second-order valence-corrected chi connectivity index (χ2v) is 7.54. The average molecular weight is 394 g/mol. The number of methoxy groups -OCH3 is 1. The number of likely N-dealkylation sites (tertiary alicyclic amines) is 1. The van der Waals surface area contributed by atoms with E-state index in [4.69, 9.17) is 9.72 Å². The summed E-state index contributed by atoms with van der Waals surface area (Å²) in [7, 11) is 1.65. The molecule has 0 unspecified atom stereocenters. The van der Waals surface area contributed by atoms with Crippen molar-refractivity contribution < 1.29 is 9.66 Å². The van der Waals surface area contributed by atoms with Gasteiger partial charge in [0.2, 0.25) is 0 Å². The quantitative estimate of drug-likeness (QED) is 0.447. The molecule has 7 nitrogen and oxygen atoms in total. The van der Waals surface area contributed by atoms with Crippen LogP contribution in [0.2, 0.25) is 0 Å². The number of hydrogen-bond donors (Lipinski definition) is 0. The molecule has 2 heterocycles. The number of aromatic nitrogens is 2. The van der Waals surface area contributed by atoms with Gasteiger partial charge in [-0.05, 0) is 49.7 Å². The van der Waals surface area contributed by atoms with Crippen molar-refractivity contribution >= 4 is 16.7 Å². The summed E-state index contributed by atoms with van der Waals surface area (Å²) in [6, 6.07) is 12.9. The number of hydrogen-bond acceptors (Lipinski definition) is 5. The third-order valence-electron chi connectivity index (χ3n) is 5.63. The molecule has 152 valence electrons. The van der Waals surface area contributed by atoms with E-state index in [1.54, 1.807) is 19.2 Å². The van der Waals surface area contributed by atoms with Crippen molar-refractivity contribution in [3.8, 4) is 5.75 Å². The summed E-state index contributed by atoms with van der Waals surface area (Å²) in [5.41, 5.74) is 2.85. The molecule has 0 saturated carbocycles. The second-order valence-electron chi connectivity index (χ2n) is 7.54. The highest BCUT2D eigenvalue weighted by atomic mass is 16.6. The molecule has 0 N–H and O–H groups in total. The number of imidazole rings is 1. The molecule has 2 aromatic carbocycles. The number of rotatable bonds is 7. The summed E-state index contributed by atoms with van der Waals surface area (Å²) >= 11 is 0. The molecular weight excluding hydrogens is 368 g/mol. The Balaban J connectivity index is 1.64. The lowest BCUT2D eigenvalue weighted by Gasteiger charge is -2.26. The number of ether oxygens (including phenoxy) is 1. The normalized spacial score (nSPS) is 14.9. The minimum atomic E-state index is -0.366. The van der Waals surface area contributed by atoms with Crippen LogP contribution in [0.4, 0.5) is 5.69 Å². The molecule has 1 fully saturated rings. The van der Waals surface area contributed by atoms with Gasteiger partial charge >= 0.3 is 0 Å². The molecule has 0 atom stereocenters. The van der Waals surface area contributed by atoms with Crippen molar-refractivity contribution in [2.45, 2.75) is 32.2 Å². The van der Waals surface area contributed by atoms with Crippen molar-refractivity contribution in [2.75, 3.05) is 26.7 Å². The van der Waals surface area contributed by atoms with E-state index in [2.05, 4.69) is 9.47 Å². The van der Waals surface area contributed by atoms with Crippen LogP contribution >= 0.6 is 0 Å². The highest BCUT2D eigenvalue weighted by Crippen LogP contribution is 2.24. The first-order valence-corrected chi connectivity index (χ1v) is 10.1. The molecule has 1 aliphatic heterocycles. The monoisotopic (exact) mass is 394 g/mol. The van der Waals surface area contributed by atoms with Crippen LogP contribution in [0.1, 0.15) is 30.7 Å². The van der Waals surface area contributed by atoms with Crippen LogP contribution in [0.3, 0.4) is 0 Å². The Morgan fingerprint density at radius 3 is 2.52 bits per heavy atom. The molecule has 0 bridgehead atoms. The van der Waals surface area contributed by atoms with E-state index in [0.717, 1.165) is 48.8 Å². The summed E-state index contributed by atoms with van der Waals surface area (Å²) in [5.74, 6) is 1.76. The zero-order valence-electron chi connectivity index (χ0n) is 16.7. The van der Waals surface area contributed by atoms with Gasteiger partial charge in [0.1, 0.15) is 11.6 Å². The number of nitro benzene ring substituents is 1. The molecule has 0 amide bonds. The molecule has 1 aromatic heterocycles. The van der Waals surface area contributed by atoms with Crippen molar-refractivity contribution in [3.05, 3.63) is 64.0 Å². The number of benzene rings is 2. The molecule has 0 spiro atoms. The Morgan fingerprint density at radius 1 is 1.07 bits per heavy atom. The van der Waals surface area contributed by atoms with Gasteiger partial charge in [-0.2, -0.15) is 0 Å². The summed E-state index contributed by atoms with van der Waals surface area (Å²) in [5, 5.41) is 11.2. The predicted molar refractivity (Wildman–Crippen MR) is 112 cm³/mol. The van der Waals surface area contributed by atoms with Crippen molar-refractivity contribution in [1.29, 1.82) is 0 Å². The molecule has 1 aliphatic rings.